The SMILES string of the molecule is CCn1c2ccccc2n2nc(-c3ccc([N+](=O)[O-])cc3)c(SC(C)=O)c12. The minimum atomic E-state index is -0.433. The number of rotatable bonds is 4. The summed E-state index contributed by atoms with van der Waals surface area (Å²) in [5, 5.41) is 15.6. The second-order valence-electron chi connectivity index (χ2n) is 6.04. The summed E-state index contributed by atoms with van der Waals surface area (Å²) in [6, 6.07) is 14.2. The Morgan fingerprint density at radius 3 is 2.41 bits per heavy atom. The summed E-state index contributed by atoms with van der Waals surface area (Å²) in [7, 11) is 0. The molecular formula is C19H16N4O3S. The number of carbonyl (C=O) groups is 1. The monoisotopic (exact) mass is 380 g/mol. The normalized spacial score (nSPS) is 11.3. The van der Waals surface area contributed by atoms with Crippen molar-refractivity contribution in [3.63, 3.8) is 0 Å². The van der Waals surface area contributed by atoms with Crippen LogP contribution in [0, 0.1) is 10.1 Å². The van der Waals surface area contributed by atoms with Crippen LogP contribution in [0.25, 0.3) is 27.9 Å². The highest BCUT2D eigenvalue weighted by atomic mass is 32.2. The van der Waals surface area contributed by atoms with E-state index in [2.05, 4.69) is 4.57 Å². The molecule has 0 unspecified atom stereocenters. The molecule has 8 heteroatoms. The number of imidazole rings is 1. The third-order valence-corrected chi connectivity index (χ3v) is 5.26. The van der Waals surface area contributed by atoms with E-state index >= 15 is 0 Å². The number of aryl methyl sites for hydroxylation is 1. The van der Waals surface area contributed by atoms with Crippen LogP contribution in [0.2, 0.25) is 0 Å². The fraction of sp³-hybridized carbons (Fsp3) is 0.158. The summed E-state index contributed by atoms with van der Waals surface area (Å²) in [5.74, 6) is 0. The number of thioether (sulfide) groups is 1. The Hall–Kier alpha value is -3.13. The van der Waals surface area contributed by atoms with Crippen LogP contribution in [-0.2, 0) is 11.3 Å². The lowest BCUT2D eigenvalue weighted by atomic mass is 10.1. The number of nitro benzene ring substituents is 1. The van der Waals surface area contributed by atoms with E-state index in [1.807, 2.05) is 35.7 Å². The fourth-order valence-electron chi connectivity index (χ4n) is 3.27. The highest BCUT2D eigenvalue weighted by molar-refractivity contribution is 8.13. The Balaban J connectivity index is 2.02. The van der Waals surface area contributed by atoms with Gasteiger partial charge in [-0.1, -0.05) is 12.1 Å². The van der Waals surface area contributed by atoms with Crippen LogP contribution >= 0.6 is 11.8 Å². The molecule has 0 bridgehead atoms. The minimum Gasteiger partial charge on any atom is -0.324 e. The van der Waals surface area contributed by atoms with E-state index in [0.717, 1.165) is 45.4 Å². The van der Waals surface area contributed by atoms with Crippen LogP contribution in [0.3, 0.4) is 0 Å². The maximum atomic E-state index is 11.9. The number of non-ortho nitro benzene ring substituents is 1. The van der Waals surface area contributed by atoms with Gasteiger partial charge in [-0.05, 0) is 43.0 Å². The molecule has 0 spiro atoms. The van der Waals surface area contributed by atoms with Gasteiger partial charge in [-0.15, -0.1) is 0 Å². The third kappa shape index (κ3) is 2.78. The number of hydrogen-bond donors (Lipinski definition) is 0. The zero-order valence-electron chi connectivity index (χ0n) is 14.7. The van der Waals surface area contributed by atoms with Crippen molar-refractivity contribution in [2.45, 2.75) is 25.3 Å². The summed E-state index contributed by atoms with van der Waals surface area (Å²) < 4.78 is 3.98. The minimum absolute atomic E-state index is 0.0202. The summed E-state index contributed by atoms with van der Waals surface area (Å²) in [4.78, 5) is 23.2. The molecule has 0 atom stereocenters. The molecule has 2 heterocycles. The molecule has 0 saturated carbocycles. The molecule has 27 heavy (non-hydrogen) atoms. The van der Waals surface area contributed by atoms with Crippen molar-refractivity contribution in [2.24, 2.45) is 0 Å². The van der Waals surface area contributed by atoms with Gasteiger partial charge in [-0.25, -0.2) is 4.52 Å². The molecular weight excluding hydrogens is 364 g/mol. The van der Waals surface area contributed by atoms with Gasteiger partial charge in [0.25, 0.3) is 5.69 Å². The maximum Gasteiger partial charge on any atom is 0.269 e. The van der Waals surface area contributed by atoms with Crippen molar-refractivity contribution in [1.29, 1.82) is 0 Å². The predicted octanol–water partition coefficient (Wildman–Crippen LogP) is 4.52. The van der Waals surface area contributed by atoms with Crippen LogP contribution < -0.4 is 0 Å². The van der Waals surface area contributed by atoms with Gasteiger partial charge in [0.2, 0.25) is 0 Å². The van der Waals surface area contributed by atoms with Crippen LogP contribution in [0.15, 0.2) is 53.4 Å². The van der Waals surface area contributed by atoms with Gasteiger partial charge in [-0.3, -0.25) is 14.9 Å². The van der Waals surface area contributed by atoms with Crippen molar-refractivity contribution in [3.05, 3.63) is 58.6 Å². The van der Waals surface area contributed by atoms with Gasteiger partial charge in [0.05, 0.1) is 20.9 Å². The van der Waals surface area contributed by atoms with Crippen LogP contribution in [0.5, 0.6) is 0 Å². The lowest BCUT2D eigenvalue weighted by Gasteiger charge is -2.05. The van der Waals surface area contributed by atoms with Gasteiger partial charge < -0.3 is 4.57 Å². The molecule has 136 valence electrons. The molecule has 4 rings (SSSR count). The quantitative estimate of drug-likeness (QED) is 0.295. The Kier molecular flexibility index (Phi) is 4.19. The Morgan fingerprint density at radius 2 is 1.81 bits per heavy atom. The molecule has 0 radical (unpaired) electrons. The molecule has 0 aliphatic carbocycles. The zero-order valence-corrected chi connectivity index (χ0v) is 15.6. The van der Waals surface area contributed by atoms with Crippen molar-refractivity contribution in [2.75, 3.05) is 0 Å². The summed E-state index contributed by atoms with van der Waals surface area (Å²) in [6.07, 6.45) is 0. The van der Waals surface area contributed by atoms with E-state index in [-0.39, 0.29) is 10.8 Å². The number of nitro groups is 1. The number of hydrogen-bond acceptors (Lipinski definition) is 5. The molecule has 4 aromatic rings. The lowest BCUT2D eigenvalue weighted by Crippen LogP contribution is -1.95. The second kappa shape index (κ2) is 6.55. The van der Waals surface area contributed by atoms with Crippen molar-refractivity contribution < 1.29 is 9.72 Å². The van der Waals surface area contributed by atoms with Crippen LogP contribution in [0.4, 0.5) is 5.69 Å². The first kappa shape index (κ1) is 17.3. The highest BCUT2D eigenvalue weighted by Gasteiger charge is 2.23. The fourth-order valence-corrected chi connectivity index (χ4v) is 4.10. The average Bonchev–Trinajstić information content (AvgIpc) is 3.16. The smallest absolute Gasteiger partial charge is 0.269 e. The van der Waals surface area contributed by atoms with E-state index in [0.29, 0.717) is 5.69 Å². The Morgan fingerprint density at radius 1 is 1.15 bits per heavy atom. The summed E-state index contributed by atoms with van der Waals surface area (Å²) in [5.41, 5.74) is 4.25. The molecule has 0 fully saturated rings. The number of benzene rings is 2. The first-order valence-electron chi connectivity index (χ1n) is 8.44. The first-order chi connectivity index (χ1) is 13.0. The van der Waals surface area contributed by atoms with Gasteiger partial charge >= 0.3 is 0 Å². The Labute approximate surface area is 158 Å². The topological polar surface area (TPSA) is 82.4 Å². The van der Waals surface area contributed by atoms with Gasteiger partial charge in [-0.2, -0.15) is 5.10 Å². The Bertz CT molecular complexity index is 1190. The standard InChI is InChI=1S/C19H16N4O3S/c1-3-21-15-6-4-5-7-16(15)22-19(21)18(27-12(2)24)17(20-22)13-8-10-14(11-9-13)23(25)26/h4-11H,3H2,1-2H3. The van der Waals surface area contributed by atoms with E-state index < -0.39 is 4.92 Å². The lowest BCUT2D eigenvalue weighted by molar-refractivity contribution is -0.384. The van der Waals surface area contributed by atoms with Gasteiger partial charge in [0.1, 0.15) is 5.69 Å². The van der Waals surface area contributed by atoms with Crippen molar-refractivity contribution in [3.8, 4) is 11.3 Å². The molecule has 2 aromatic heterocycles. The highest BCUT2D eigenvalue weighted by Crippen LogP contribution is 2.38. The average molecular weight is 380 g/mol. The van der Waals surface area contributed by atoms with Crippen LogP contribution in [-0.4, -0.2) is 24.2 Å². The molecule has 0 aliphatic heterocycles. The summed E-state index contributed by atoms with van der Waals surface area (Å²) in [6.45, 7) is 4.30. The van der Waals surface area contributed by atoms with Gasteiger partial charge in [0, 0.05) is 31.2 Å². The van der Waals surface area contributed by atoms with E-state index in [4.69, 9.17) is 5.10 Å². The van der Waals surface area contributed by atoms with Crippen molar-refractivity contribution >= 4 is 39.2 Å². The molecule has 0 aliphatic rings. The molecule has 0 N–H and O–H groups in total. The first-order valence-corrected chi connectivity index (χ1v) is 9.26. The van der Waals surface area contributed by atoms with Crippen molar-refractivity contribution in [1.82, 2.24) is 14.2 Å². The number of para-hydroxylation sites is 2. The maximum absolute atomic E-state index is 11.9. The number of aromatic nitrogens is 3. The molecule has 2 aromatic carbocycles. The predicted molar refractivity (Wildman–Crippen MR) is 105 cm³/mol. The van der Waals surface area contributed by atoms with Gasteiger partial charge in [0.15, 0.2) is 10.8 Å². The van der Waals surface area contributed by atoms with E-state index in [1.54, 1.807) is 12.1 Å². The second-order valence-corrected chi connectivity index (χ2v) is 7.23. The molecule has 0 saturated heterocycles. The summed E-state index contributed by atoms with van der Waals surface area (Å²) >= 11 is 1.13. The largest absolute Gasteiger partial charge is 0.324 e. The molecule has 7 nitrogen and oxygen atoms in total. The molecule has 0 amide bonds. The van der Waals surface area contributed by atoms with E-state index in [9.17, 15) is 14.9 Å². The number of carbonyl (C=O) groups excluding carboxylic acids is 1. The number of fused-ring (bicyclic) bond motifs is 3. The third-order valence-electron chi connectivity index (χ3n) is 4.39. The van der Waals surface area contributed by atoms with Crippen LogP contribution in [0.1, 0.15) is 13.8 Å². The zero-order chi connectivity index (χ0) is 19.1. The van der Waals surface area contributed by atoms with E-state index in [1.165, 1.54) is 19.1 Å². The number of nitrogens with zero attached hydrogens (tertiary/aromatic N) is 4.